The zero-order valence-electron chi connectivity index (χ0n) is 6.73. The minimum Gasteiger partial charge on any atom is -0.316 e. The largest absolute Gasteiger partial charge is 0.316 e. The fourth-order valence-electron chi connectivity index (χ4n) is 1.22. The third-order valence-electron chi connectivity index (χ3n) is 1.83. The normalized spacial score (nSPS) is 22.8. The molecule has 0 aromatic carbocycles. The Balaban J connectivity index is 1.94. The first-order valence-corrected chi connectivity index (χ1v) is 4.97. The van der Waals surface area contributed by atoms with Crippen LogP contribution in [-0.2, 0) is 0 Å². The molecular weight excluding hydrogens is 170 g/mol. The van der Waals surface area contributed by atoms with Crippen molar-refractivity contribution in [3.8, 4) is 0 Å². The van der Waals surface area contributed by atoms with Crippen molar-refractivity contribution in [1.82, 2.24) is 15.3 Å². The molecule has 1 aliphatic heterocycles. The summed E-state index contributed by atoms with van der Waals surface area (Å²) in [7, 11) is 0. The van der Waals surface area contributed by atoms with Gasteiger partial charge in [0.15, 0.2) is 5.16 Å². The first kappa shape index (κ1) is 8.01. The summed E-state index contributed by atoms with van der Waals surface area (Å²) in [4.78, 5) is 8.33. The fourth-order valence-corrected chi connectivity index (χ4v) is 2.20. The van der Waals surface area contributed by atoms with Crippen LogP contribution in [0.25, 0.3) is 0 Å². The van der Waals surface area contributed by atoms with E-state index in [4.69, 9.17) is 0 Å². The van der Waals surface area contributed by atoms with Gasteiger partial charge in [-0.05, 0) is 19.0 Å². The van der Waals surface area contributed by atoms with Crippen molar-refractivity contribution >= 4 is 11.8 Å². The van der Waals surface area contributed by atoms with Crippen LogP contribution in [0.1, 0.15) is 6.42 Å². The molecule has 1 aromatic heterocycles. The maximum Gasteiger partial charge on any atom is 0.187 e. The second-order valence-electron chi connectivity index (χ2n) is 2.76. The van der Waals surface area contributed by atoms with Gasteiger partial charge < -0.3 is 5.32 Å². The maximum absolute atomic E-state index is 4.17. The quantitative estimate of drug-likeness (QED) is 0.689. The van der Waals surface area contributed by atoms with Gasteiger partial charge in [0.25, 0.3) is 0 Å². The Kier molecular flexibility index (Phi) is 2.58. The van der Waals surface area contributed by atoms with Gasteiger partial charge in [0, 0.05) is 24.2 Å². The SMILES string of the molecule is c1cnc(SC2CCNC2)nc1. The van der Waals surface area contributed by atoms with Crippen LogP contribution >= 0.6 is 11.8 Å². The van der Waals surface area contributed by atoms with Crippen LogP contribution in [0, 0.1) is 0 Å². The summed E-state index contributed by atoms with van der Waals surface area (Å²) < 4.78 is 0. The molecule has 1 atom stereocenters. The minimum atomic E-state index is 0.660. The van der Waals surface area contributed by atoms with Crippen molar-refractivity contribution in [1.29, 1.82) is 0 Å². The summed E-state index contributed by atoms with van der Waals surface area (Å²) in [6.45, 7) is 2.22. The molecule has 2 heterocycles. The Hall–Kier alpha value is -0.610. The van der Waals surface area contributed by atoms with Crippen molar-refractivity contribution < 1.29 is 0 Å². The van der Waals surface area contributed by atoms with Crippen molar-refractivity contribution in [2.75, 3.05) is 13.1 Å². The Morgan fingerprint density at radius 3 is 2.92 bits per heavy atom. The van der Waals surface area contributed by atoms with Crippen molar-refractivity contribution in [3.63, 3.8) is 0 Å². The van der Waals surface area contributed by atoms with Crippen molar-refractivity contribution in [3.05, 3.63) is 18.5 Å². The Labute approximate surface area is 76.0 Å². The summed E-state index contributed by atoms with van der Waals surface area (Å²) in [5, 5.41) is 4.87. The van der Waals surface area contributed by atoms with E-state index in [0.29, 0.717) is 5.25 Å². The molecule has 3 nitrogen and oxygen atoms in total. The fraction of sp³-hybridized carbons (Fsp3) is 0.500. The van der Waals surface area contributed by atoms with Crippen molar-refractivity contribution in [2.45, 2.75) is 16.8 Å². The van der Waals surface area contributed by atoms with E-state index in [9.17, 15) is 0 Å². The highest BCUT2D eigenvalue weighted by Gasteiger charge is 2.16. The second-order valence-corrected chi connectivity index (χ2v) is 4.03. The van der Waals surface area contributed by atoms with Crippen LogP contribution in [0.5, 0.6) is 0 Å². The molecule has 0 aliphatic carbocycles. The molecule has 1 fully saturated rings. The second kappa shape index (κ2) is 3.87. The van der Waals surface area contributed by atoms with E-state index in [1.807, 2.05) is 6.07 Å². The summed E-state index contributed by atoms with van der Waals surface area (Å²) in [6.07, 6.45) is 4.80. The molecule has 1 unspecified atom stereocenters. The third kappa shape index (κ3) is 1.95. The highest BCUT2D eigenvalue weighted by molar-refractivity contribution is 7.99. The molecule has 64 valence electrons. The summed E-state index contributed by atoms with van der Waals surface area (Å²) in [5.41, 5.74) is 0. The van der Waals surface area contributed by atoms with Crippen molar-refractivity contribution in [2.24, 2.45) is 0 Å². The average molecular weight is 181 g/mol. The predicted molar refractivity (Wildman–Crippen MR) is 49.2 cm³/mol. The molecule has 2 rings (SSSR count). The molecule has 1 saturated heterocycles. The van der Waals surface area contributed by atoms with Gasteiger partial charge in [-0.2, -0.15) is 0 Å². The number of hydrogen-bond donors (Lipinski definition) is 1. The molecule has 0 saturated carbocycles. The lowest BCUT2D eigenvalue weighted by Crippen LogP contribution is -2.10. The zero-order chi connectivity index (χ0) is 8.23. The van der Waals surface area contributed by atoms with E-state index >= 15 is 0 Å². The first-order valence-electron chi connectivity index (χ1n) is 4.09. The van der Waals surface area contributed by atoms with Gasteiger partial charge in [0.1, 0.15) is 0 Å². The molecule has 0 amide bonds. The average Bonchev–Trinajstić information content (AvgIpc) is 2.59. The molecule has 0 spiro atoms. The summed E-state index contributed by atoms with van der Waals surface area (Å²) in [6, 6.07) is 1.84. The van der Waals surface area contributed by atoms with Gasteiger partial charge in [-0.25, -0.2) is 9.97 Å². The van der Waals surface area contributed by atoms with Crippen LogP contribution in [0.2, 0.25) is 0 Å². The van der Waals surface area contributed by atoms with Gasteiger partial charge in [0.2, 0.25) is 0 Å². The van der Waals surface area contributed by atoms with E-state index in [-0.39, 0.29) is 0 Å². The molecule has 1 aromatic rings. The lowest BCUT2D eigenvalue weighted by Gasteiger charge is -2.04. The number of aromatic nitrogens is 2. The number of hydrogen-bond acceptors (Lipinski definition) is 4. The molecule has 1 N–H and O–H groups in total. The summed E-state index contributed by atoms with van der Waals surface area (Å²) in [5.74, 6) is 0. The van der Waals surface area contributed by atoms with E-state index in [0.717, 1.165) is 18.2 Å². The topological polar surface area (TPSA) is 37.8 Å². The van der Waals surface area contributed by atoms with E-state index < -0.39 is 0 Å². The van der Waals surface area contributed by atoms with Gasteiger partial charge in [0.05, 0.1) is 0 Å². The molecule has 12 heavy (non-hydrogen) atoms. The molecular formula is C8H11N3S. The lowest BCUT2D eigenvalue weighted by molar-refractivity contribution is 0.857. The van der Waals surface area contributed by atoms with E-state index in [1.165, 1.54) is 6.42 Å². The number of nitrogens with one attached hydrogen (secondary N) is 1. The first-order chi connectivity index (χ1) is 5.95. The Morgan fingerprint density at radius 1 is 1.42 bits per heavy atom. The smallest absolute Gasteiger partial charge is 0.187 e. The number of rotatable bonds is 2. The van der Waals surface area contributed by atoms with Crippen LogP contribution in [0.15, 0.2) is 23.6 Å². The molecule has 0 radical (unpaired) electrons. The lowest BCUT2D eigenvalue weighted by atomic mass is 10.4. The van der Waals surface area contributed by atoms with Crippen LogP contribution in [0.3, 0.4) is 0 Å². The van der Waals surface area contributed by atoms with Gasteiger partial charge in [-0.15, -0.1) is 0 Å². The standard InChI is InChI=1S/C8H11N3S/c1-3-10-8(11-4-1)12-7-2-5-9-6-7/h1,3-4,7,9H,2,5-6H2. The van der Waals surface area contributed by atoms with Crippen LogP contribution < -0.4 is 5.32 Å². The van der Waals surface area contributed by atoms with E-state index in [2.05, 4.69) is 15.3 Å². The number of thioether (sulfide) groups is 1. The highest BCUT2D eigenvalue weighted by atomic mass is 32.2. The molecule has 0 bridgehead atoms. The minimum absolute atomic E-state index is 0.660. The Morgan fingerprint density at radius 2 is 2.25 bits per heavy atom. The highest BCUT2D eigenvalue weighted by Crippen LogP contribution is 2.22. The molecule has 1 aliphatic rings. The van der Waals surface area contributed by atoms with Crippen LogP contribution in [-0.4, -0.2) is 28.3 Å². The predicted octanol–water partition coefficient (Wildman–Crippen LogP) is 0.931. The van der Waals surface area contributed by atoms with Gasteiger partial charge in [-0.1, -0.05) is 11.8 Å². The van der Waals surface area contributed by atoms with Gasteiger partial charge >= 0.3 is 0 Å². The summed E-state index contributed by atoms with van der Waals surface area (Å²) >= 11 is 1.77. The van der Waals surface area contributed by atoms with Crippen LogP contribution in [0.4, 0.5) is 0 Å². The monoisotopic (exact) mass is 181 g/mol. The number of nitrogens with zero attached hydrogens (tertiary/aromatic N) is 2. The third-order valence-corrected chi connectivity index (χ3v) is 2.99. The van der Waals surface area contributed by atoms with E-state index in [1.54, 1.807) is 24.2 Å². The zero-order valence-corrected chi connectivity index (χ0v) is 7.55. The maximum atomic E-state index is 4.17. The molecule has 4 heteroatoms. The van der Waals surface area contributed by atoms with Gasteiger partial charge in [-0.3, -0.25) is 0 Å². The Bertz CT molecular complexity index is 233.